The molecule has 1 saturated heterocycles. The molecule has 1 aliphatic rings. The van der Waals surface area contributed by atoms with E-state index < -0.39 is 10.0 Å². The monoisotopic (exact) mass is 330 g/mol. The van der Waals surface area contributed by atoms with Gasteiger partial charge in [0, 0.05) is 18.0 Å². The minimum Gasteiger partial charge on any atom is -0.225 e. The van der Waals surface area contributed by atoms with Crippen molar-refractivity contribution >= 4 is 21.6 Å². The zero-order chi connectivity index (χ0) is 15.5. The normalized spacial score (nSPS) is 24.1. The number of halogens is 1. The van der Waals surface area contributed by atoms with Crippen LogP contribution in [0.3, 0.4) is 0 Å². The molecule has 1 aromatic carbocycles. The van der Waals surface area contributed by atoms with E-state index in [1.54, 1.807) is 12.1 Å². The van der Waals surface area contributed by atoms with Gasteiger partial charge in [-0.3, -0.25) is 0 Å². The summed E-state index contributed by atoms with van der Waals surface area (Å²) in [4.78, 5) is 3.04. The summed E-state index contributed by atoms with van der Waals surface area (Å²) in [6.07, 6.45) is 3.92. The molecule has 1 fully saturated rings. The van der Waals surface area contributed by atoms with Gasteiger partial charge in [-0.2, -0.15) is 0 Å². The maximum absolute atomic E-state index is 12.5. The van der Waals surface area contributed by atoms with Crippen LogP contribution in [0.5, 0.6) is 0 Å². The Labute approximate surface area is 132 Å². The average molecular weight is 331 g/mol. The van der Waals surface area contributed by atoms with E-state index in [2.05, 4.69) is 18.7 Å². The van der Waals surface area contributed by atoms with Gasteiger partial charge in [0.2, 0.25) is 0 Å². The lowest BCUT2D eigenvalue weighted by atomic mass is 10.0. The fraction of sp³-hybridized carbons (Fsp3) is 0.600. The Kier molecular flexibility index (Phi) is 5.66. The highest BCUT2D eigenvalue weighted by Crippen LogP contribution is 2.22. The third-order valence-corrected chi connectivity index (χ3v) is 5.57. The molecular formula is C15H23ClN2O2S. The van der Waals surface area contributed by atoms with Gasteiger partial charge in [-0.05, 0) is 50.8 Å². The second-order valence-electron chi connectivity index (χ2n) is 5.71. The summed E-state index contributed by atoms with van der Waals surface area (Å²) in [6.45, 7) is 4.11. The van der Waals surface area contributed by atoms with Crippen molar-refractivity contribution < 1.29 is 8.42 Å². The minimum atomic E-state index is -3.51. The van der Waals surface area contributed by atoms with Gasteiger partial charge < -0.3 is 0 Å². The van der Waals surface area contributed by atoms with E-state index in [4.69, 9.17) is 11.6 Å². The molecular weight excluding hydrogens is 308 g/mol. The first-order valence-electron chi connectivity index (χ1n) is 7.39. The van der Waals surface area contributed by atoms with E-state index in [9.17, 15) is 8.42 Å². The number of hydrogen-bond acceptors (Lipinski definition) is 3. The van der Waals surface area contributed by atoms with Gasteiger partial charge in [-0.25, -0.2) is 13.4 Å². The van der Waals surface area contributed by atoms with E-state index in [1.165, 1.54) is 0 Å². The molecule has 4 nitrogen and oxygen atoms in total. The summed E-state index contributed by atoms with van der Waals surface area (Å²) >= 11 is 5.69. The van der Waals surface area contributed by atoms with Crippen molar-refractivity contribution in [3.63, 3.8) is 0 Å². The van der Waals surface area contributed by atoms with Crippen molar-refractivity contribution in [2.75, 3.05) is 5.88 Å². The number of hydrogen-bond donors (Lipinski definition) is 1. The van der Waals surface area contributed by atoms with Gasteiger partial charge in [0.25, 0.3) is 10.0 Å². The van der Waals surface area contributed by atoms with Gasteiger partial charge in [0.1, 0.15) is 0 Å². The number of nitrogens with zero attached hydrogens (tertiary/aromatic N) is 1. The van der Waals surface area contributed by atoms with Crippen LogP contribution in [-0.2, 0) is 16.4 Å². The predicted molar refractivity (Wildman–Crippen MR) is 85.8 cm³/mol. The SMILES string of the molecule is CC1CCCC(C)N1NS(=O)(=O)c1ccc(CCCl)cc1. The number of hydrazine groups is 1. The Balaban J connectivity index is 2.13. The minimum absolute atomic E-state index is 0.221. The summed E-state index contributed by atoms with van der Waals surface area (Å²) in [7, 11) is -3.51. The summed E-state index contributed by atoms with van der Waals surface area (Å²) in [5.41, 5.74) is 1.05. The van der Waals surface area contributed by atoms with E-state index in [-0.39, 0.29) is 12.1 Å². The van der Waals surface area contributed by atoms with Crippen molar-refractivity contribution in [1.29, 1.82) is 0 Å². The fourth-order valence-corrected chi connectivity index (χ4v) is 4.19. The van der Waals surface area contributed by atoms with Gasteiger partial charge >= 0.3 is 0 Å². The standard InChI is InChI=1S/C15H23ClN2O2S/c1-12-4-3-5-13(2)18(12)17-21(19,20)15-8-6-14(7-9-15)10-11-16/h6-9,12-13,17H,3-5,10-11H2,1-2H3. The highest BCUT2D eigenvalue weighted by atomic mass is 35.5. The maximum atomic E-state index is 12.5. The molecule has 0 radical (unpaired) electrons. The number of aryl methyl sites for hydroxylation is 1. The van der Waals surface area contributed by atoms with Crippen molar-refractivity contribution in [3.8, 4) is 0 Å². The molecule has 0 spiro atoms. The Morgan fingerprint density at radius 1 is 1.19 bits per heavy atom. The molecule has 0 aromatic heterocycles. The topological polar surface area (TPSA) is 49.4 Å². The van der Waals surface area contributed by atoms with Gasteiger partial charge in [0.05, 0.1) is 4.90 Å². The van der Waals surface area contributed by atoms with Gasteiger partial charge in [-0.1, -0.05) is 18.6 Å². The van der Waals surface area contributed by atoms with Crippen molar-refractivity contribution in [2.45, 2.75) is 56.5 Å². The number of alkyl halides is 1. The lowest BCUT2D eigenvalue weighted by Gasteiger charge is -2.38. The van der Waals surface area contributed by atoms with E-state index in [1.807, 2.05) is 17.1 Å². The molecule has 6 heteroatoms. The molecule has 2 rings (SSSR count). The summed E-state index contributed by atoms with van der Waals surface area (Å²) in [5.74, 6) is 0.535. The maximum Gasteiger partial charge on any atom is 0.253 e. The smallest absolute Gasteiger partial charge is 0.225 e. The number of sulfonamides is 1. The summed E-state index contributed by atoms with van der Waals surface area (Å²) in [5, 5.41) is 1.87. The van der Waals surface area contributed by atoms with E-state index in [0.717, 1.165) is 31.2 Å². The molecule has 2 atom stereocenters. The first-order valence-corrected chi connectivity index (χ1v) is 9.41. The van der Waals surface area contributed by atoms with E-state index in [0.29, 0.717) is 10.8 Å². The van der Waals surface area contributed by atoms with Crippen LogP contribution in [0.4, 0.5) is 0 Å². The second kappa shape index (κ2) is 7.09. The third-order valence-electron chi connectivity index (χ3n) is 4.04. The predicted octanol–water partition coefficient (Wildman–Crippen LogP) is 2.92. The van der Waals surface area contributed by atoms with Crippen LogP contribution in [0.2, 0.25) is 0 Å². The lowest BCUT2D eigenvalue weighted by Crippen LogP contribution is -2.53. The molecule has 0 saturated carbocycles. The first-order chi connectivity index (χ1) is 9.94. The number of rotatable bonds is 5. The van der Waals surface area contributed by atoms with Crippen molar-refractivity contribution in [2.24, 2.45) is 0 Å². The van der Waals surface area contributed by atoms with E-state index >= 15 is 0 Å². The second-order valence-corrected chi connectivity index (χ2v) is 7.75. The molecule has 1 N–H and O–H groups in total. The average Bonchev–Trinajstić information content (AvgIpc) is 2.44. The molecule has 0 bridgehead atoms. The number of nitrogens with one attached hydrogen (secondary N) is 1. The van der Waals surface area contributed by atoms with Crippen LogP contribution in [0.15, 0.2) is 29.2 Å². The number of piperidine rings is 1. The molecule has 0 amide bonds. The van der Waals surface area contributed by atoms with Crippen LogP contribution in [-0.4, -0.2) is 31.4 Å². The largest absolute Gasteiger partial charge is 0.253 e. The van der Waals surface area contributed by atoms with Crippen LogP contribution in [0.1, 0.15) is 38.7 Å². The van der Waals surface area contributed by atoms with Crippen LogP contribution in [0.25, 0.3) is 0 Å². The Hall–Kier alpha value is -0.620. The zero-order valence-corrected chi connectivity index (χ0v) is 14.1. The molecule has 21 heavy (non-hydrogen) atoms. The summed E-state index contributed by atoms with van der Waals surface area (Å²) in [6, 6.07) is 7.37. The Morgan fingerprint density at radius 3 is 2.29 bits per heavy atom. The Bertz CT molecular complexity index is 550. The van der Waals surface area contributed by atoms with Crippen molar-refractivity contribution in [3.05, 3.63) is 29.8 Å². The summed E-state index contributed by atoms with van der Waals surface area (Å²) < 4.78 is 25.0. The zero-order valence-electron chi connectivity index (χ0n) is 12.5. The Morgan fingerprint density at radius 2 is 1.76 bits per heavy atom. The van der Waals surface area contributed by atoms with Crippen LogP contribution < -0.4 is 4.83 Å². The number of benzene rings is 1. The van der Waals surface area contributed by atoms with Gasteiger partial charge in [-0.15, -0.1) is 16.4 Å². The van der Waals surface area contributed by atoms with Crippen LogP contribution in [0, 0.1) is 0 Å². The quantitative estimate of drug-likeness (QED) is 0.844. The lowest BCUT2D eigenvalue weighted by molar-refractivity contribution is 0.0790. The molecule has 1 heterocycles. The molecule has 118 valence electrons. The molecule has 2 unspecified atom stereocenters. The molecule has 0 aliphatic carbocycles. The molecule has 1 aliphatic heterocycles. The van der Waals surface area contributed by atoms with Gasteiger partial charge in [0.15, 0.2) is 0 Å². The first kappa shape index (κ1) is 16.7. The highest BCUT2D eigenvalue weighted by molar-refractivity contribution is 7.89. The fourth-order valence-electron chi connectivity index (χ4n) is 2.74. The van der Waals surface area contributed by atoms with Crippen molar-refractivity contribution in [1.82, 2.24) is 9.84 Å². The van der Waals surface area contributed by atoms with Crippen LogP contribution >= 0.6 is 11.6 Å². The molecule has 1 aromatic rings. The third kappa shape index (κ3) is 4.19. The highest BCUT2D eigenvalue weighted by Gasteiger charge is 2.29.